The first-order valence-corrected chi connectivity index (χ1v) is 8.27. The van der Waals surface area contributed by atoms with Crippen molar-refractivity contribution in [3.8, 4) is 23.0 Å². The van der Waals surface area contributed by atoms with Gasteiger partial charge < -0.3 is 24.4 Å². The number of benzene rings is 2. The van der Waals surface area contributed by atoms with Crippen molar-refractivity contribution in [2.24, 2.45) is 0 Å². The predicted molar refractivity (Wildman–Crippen MR) is 95.8 cm³/mol. The lowest BCUT2D eigenvalue weighted by Gasteiger charge is -2.25. The number of methoxy groups -OCH3 is 2. The number of nitrogens with one attached hydrogen (secondary N) is 1. The fraction of sp³-hybridized carbons (Fsp3) is 0.368. The van der Waals surface area contributed by atoms with Gasteiger partial charge in [0.15, 0.2) is 17.2 Å². The zero-order valence-corrected chi connectivity index (χ0v) is 14.2. The van der Waals surface area contributed by atoms with Gasteiger partial charge in [0.25, 0.3) is 0 Å². The van der Waals surface area contributed by atoms with E-state index in [2.05, 4.69) is 16.3 Å². The van der Waals surface area contributed by atoms with Crippen LogP contribution >= 0.6 is 0 Å². The fourth-order valence-corrected chi connectivity index (χ4v) is 2.92. The molecule has 0 amide bonds. The van der Waals surface area contributed by atoms with Crippen LogP contribution in [-0.2, 0) is 0 Å². The second kappa shape index (κ2) is 7.93. The van der Waals surface area contributed by atoms with Gasteiger partial charge in [-0.25, -0.2) is 0 Å². The van der Waals surface area contributed by atoms with E-state index in [0.29, 0.717) is 17.2 Å². The summed E-state index contributed by atoms with van der Waals surface area (Å²) in [6.07, 6.45) is 1.12. The average Bonchev–Trinajstić information content (AvgIpc) is 2.91. The maximum Gasteiger partial charge on any atom is 0.211 e. The molecule has 1 heterocycles. The standard InChI is InChI=1S/C19H24N2O3/c1-22-17-9-5-10-18(23-2)19(17)24-16-8-4-3-7-15(16)21-13-6-11-20-12-14-21/h3-5,7-10,20H,6,11-14H2,1-2H3. The summed E-state index contributed by atoms with van der Waals surface area (Å²) in [7, 11) is 3.27. The average molecular weight is 328 g/mol. The molecule has 0 aliphatic carbocycles. The number of hydrogen-bond donors (Lipinski definition) is 1. The van der Waals surface area contributed by atoms with Crippen LogP contribution in [0.25, 0.3) is 0 Å². The molecule has 1 aliphatic heterocycles. The zero-order chi connectivity index (χ0) is 16.8. The summed E-state index contributed by atoms with van der Waals surface area (Å²) in [5, 5.41) is 3.43. The summed E-state index contributed by atoms with van der Waals surface area (Å²) in [5.41, 5.74) is 1.09. The third kappa shape index (κ3) is 3.57. The highest BCUT2D eigenvalue weighted by Gasteiger charge is 2.18. The van der Waals surface area contributed by atoms with Crippen LogP contribution in [0.3, 0.4) is 0 Å². The smallest absolute Gasteiger partial charge is 0.211 e. The van der Waals surface area contributed by atoms with Gasteiger partial charge in [-0.05, 0) is 37.2 Å². The Morgan fingerprint density at radius 3 is 2.29 bits per heavy atom. The molecule has 0 aromatic heterocycles. The minimum absolute atomic E-state index is 0.600. The number of hydrogen-bond acceptors (Lipinski definition) is 5. The molecule has 0 spiro atoms. The second-order valence-electron chi connectivity index (χ2n) is 5.65. The second-order valence-corrected chi connectivity index (χ2v) is 5.65. The van der Waals surface area contributed by atoms with Gasteiger partial charge >= 0.3 is 0 Å². The number of rotatable bonds is 5. The van der Waals surface area contributed by atoms with Crippen LogP contribution < -0.4 is 24.4 Å². The Kier molecular flexibility index (Phi) is 5.43. The van der Waals surface area contributed by atoms with E-state index in [4.69, 9.17) is 14.2 Å². The van der Waals surface area contributed by atoms with Crippen LogP contribution in [0.15, 0.2) is 42.5 Å². The molecule has 0 radical (unpaired) electrons. The van der Waals surface area contributed by atoms with Crippen molar-refractivity contribution in [3.05, 3.63) is 42.5 Å². The van der Waals surface area contributed by atoms with Gasteiger partial charge in [0, 0.05) is 19.6 Å². The van der Waals surface area contributed by atoms with Crippen molar-refractivity contribution in [1.82, 2.24) is 5.32 Å². The molecule has 1 N–H and O–H groups in total. The van der Waals surface area contributed by atoms with Gasteiger partial charge in [-0.1, -0.05) is 18.2 Å². The van der Waals surface area contributed by atoms with E-state index in [1.165, 1.54) is 0 Å². The van der Waals surface area contributed by atoms with Crippen LogP contribution in [0, 0.1) is 0 Å². The van der Waals surface area contributed by atoms with Gasteiger partial charge in [-0.2, -0.15) is 0 Å². The first-order valence-electron chi connectivity index (χ1n) is 8.27. The third-order valence-corrected chi connectivity index (χ3v) is 4.14. The van der Waals surface area contributed by atoms with Gasteiger partial charge in [-0.15, -0.1) is 0 Å². The van der Waals surface area contributed by atoms with Crippen molar-refractivity contribution in [1.29, 1.82) is 0 Å². The Morgan fingerprint density at radius 1 is 0.833 bits per heavy atom. The van der Waals surface area contributed by atoms with E-state index in [1.54, 1.807) is 14.2 Å². The van der Waals surface area contributed by atoms with E-state index in [0.717, 1.165) is 44.0 Å². The van der Waals surface area contributed by atoms with Crippen molar-refractivity contribution < 1.29 is 14.2 Å². The molecule has 5 nitrogen and oxygen atoms in total. The molecule has 128 valence electrons. The van der Waals surface area contributed by atoms with Crippen molar-refractivity contribution in [3.63, 3.8) is 0 Å². The molecule has 1 aliphatic rings. The quantitative estimate of drug-likeness (QED) is 0.912. The van der Waals surface area contributed by atoms with Crippen molar-refractivity contribution >= 4 is 5.69 Å². The molecule has 0 unspecified atom stereocenters. The summed E-state index contributed by atoms with van der Waals surface area (Å²) in [6.45, 7) is 4.01. The molecule has 1 saturated heterocycles. The minimum atomic E-state index is 0.600. The third-order valence-electron chi connectivity index (χ3n) is 4.14. The molecule has 24 heavy (non-hydrogen) atoms. The highest BCUT2D eigenvalue weighted by atomic mass is 16.5. The predicted octanol–water partition coefficient (Wildman–Crippen LogP) is 3.30. The Bertz CT molecular complexity index is 645. The van der Waals surface area contributed by atoms with Crippen molar-refractivity contribution in [2.45, 2.75) is 6.42 Å². The van der Waals surface area contributed by atoms with E-state index >= 15 is 0 Å². The summed E-state index contributed by atoms with van der Waals surface area (Å²) in [6, 6.07) is 13.7. The Labute approximate surface area is 143 Å². The van der Waals surface area contributed by atoms with E-state index in [1.807, 2.05) is 36.4 Å². The van der Waals surface area contributed by atoms with Crippen LogP contribution in [0.5, 0.6) is 23.0 Å². The summed E-state index contributed by atoms with van der Waals surface area (Å²) in [5.74, 6) is 2.72. The maximum atomic E-state index is 6.24. The largest absolute Gasteiger partial charge is 0.493 e. The van der Waals surface area contributed by atoms with E-state index in [-0.39, 0.29) is 0 Å². The monoisotopic (exact) mass is 328 g/mol. The Hall–Kier alpha value is -2.40. The highest BCUT2D eigenvalue weighted by Crippen LogP contribution is 2.42. The number of nitrogens with zero attached hydrogens (tertiary/aromatic N) is 1. The molecule has 1 fully saturated rings. The van der Waals surface area contributed by atoms with Crippen LogP contribution in [0.1, 0.15) is 6.42 Å². The highest BCUT2D eigenvalue weighted by molar-refractivity contribution is 5.62. The summed E-state index contributed by atoms with van der Waals surface area (Å²) >= 11 is 0. The van der Waals surface area contributed by atoms with Crippen molar-refractivity contribution in [2.75, 3.05) is 45.3 Å². The molecule has 3 rings (SSSR count). The number of anilines is 1. The topological polar surface area (TPSA) is 43.0 Å². The van der Waals surface area contributed by atoms with Gasteiger partial charge in [0.05, 0.1) is 19.9 Å². The molecule has 0 saturated carbocycles. The zero-order valence-electron chi connectivity index (χ0n) is 14.2. The lowest BCUT2D eigenvalue weighted by molar-refractivity contribution is 0.346. The van der Waals surface area contributed by atoms with Crippen LogP contribution in [-0.4, -0.2) is 40.4 Å². The lowest BCUT2D eigenvalue weighted by atomic mass is 10.2. The van der Waals surface area contributed by atoms with E-state index in [9.17, 15) is 0 Å². The number of para-hydroxylation sites is 3. The molecule has 0 bridgehead atoms. The van der Waals surface area contributed by atoms with Crippen LogP contribution in [0.2, 0.25) is 0 Å². The summed E-state index contributed by atoms with van der Waals surface area (Å²) < 4.78 is 17.1. The minimum Gasteiger partial charge on any atom is -0.493 e. The maximum absolute atomic E-state index is 6.24. The first kappa shape index (κ1) is 16.5. The SMILES string of the molecule is COc1cccc(OC)c1Oc1ccccc1N1CCCNCC1. The van der Waals surface area contributed by atoms with Gasteiger partial charge in [-0.3, -0.25) is 0 Å². The van der Waals surface area contributed by atoms with Gasteiger partial charge in [0.2, 0.25) is 5.75 Å². The Balaban J connectivity index is 1.94. The fourth-order valence-electron chi connectivity index (χ4n) is 2.92. The first-order chi connectivity index (χ1) is 11.8. The molecule has 0 atom stereocenters. The number of ether oxygens (including phenoxy) is 3. The molecule has 5 heteroatoms. The van der Waals surface area contributed by atoms with E-state index < -0.39 is 0 Å². The normalized spacial score (nSPS) is 14.8. The molecular weight excluding hydrogens is 304 g/mol. The molecule has 2 aromatic rings. The molecule has 2 aromatic carbocycles. The Morgan fingerprint density at radius 2 is 1.54 bits per heavy atom. The van der Waals surface area contributed by atoms with Gasteiger partial charge in [0.1, 0.15) is 0 Å². The lowest BCUT2D eigenvalue weighted by Crippen LogP contribution is -2.28. The molecular formula is C19H24N2O3. The summed E-state index contributed by atoms with van der Waals surface area (Å²) in [4.78, 5) is 2.36. The van der Waals surface area contributed by atoms with Crippen LogP contribution in [0.4, 0.5) is 5.69 Å².